The Bertz CT molecular complexity index is 399. The quantitative estimate of drug-likeness (QED) is 0.281. The van der Waals surface area contributed by atoms with E-state index in [9.17, 15) is 4.79 Å². The van der Waals surface area contributed by atoms with Gasteiger partial charge in [-0.05, 0) is 39.2 Å². The van der Waals surface area contributed by atoms with E-state index in [0.717, 1.165) is 6.42 Å². The minimum absolute atomic E-state index is 0.0602. The van der Waals surface area contributed by atoms with E-state index >= 15 is 0 Å². The molecular weight excluding hydrogens is 356 g/mol. The van der Waals surface area contributed by atoms with Crippen molar-refractivity contribution in [2.75, 3.05) is 19.8 Å². The molecule has 0 aromatic heterocycles. The Morgan fingerprint density at radius 3 is 2.33 bits per heavy atom. The number of carbonyl (C=O) groups is 1. The number of carbonyl (C=O) groups excluding carboxylic acids is 1. The van der Waals surface area contributed by atoms with Gasteiger partial charge in [-0.1, -0.05) is 22.0 Å². The van der Waals surface area contributed by atoms with E-state index in [1.165, 1.54) is 0 Å². The van der Waals surface area contributed by atoms with Gasteiger partial charge >= 0.3 is 14.8 Å². The van der Waals surface area contributed by atoms with Gasteiger partial charge in [0.05, 0.1) is 0 Å². The van der Waals surface area contributed by atoms with Crippen LogP contribution in [0.1, 0.15) is 27.2 Å². The fourth-order valence-electron chi connectivity index (χ4n) is 2.96. The van der Waals surface area contributed by atoms with Gasteiger partial charge in [-0.15, -0.1) is 0 Å². The summed E-state index contributed by atoms with van der Waals surface area (Å²) in [7, 11) is -2.77. The molecule has 120 valence electrons. The third-order valence-corrected chi connectivity index (χ3v) is 8.24. The molecule has 3 atom stereocenters. The SMILES string of the molecule is CCO[Si](C[C@@H]1C[C@@H]2C=C[C@@]1(Br)C(=O)O2)(OCC)OCC. The van der Waals surface area contributed by atoms with Gasteiger partial charge in [-0.2, -0.15) is 0 Å². The van der Waals surface area contributed by atoms with Crippen LogP contribution >= 0.6 is 15.9 Å². The van der Waals surface area contributed by atoms with Crippen LogP contribution in [0.2, 0.25) is 6.04 Å². The third kappa shape index (κ3) is 3.42. The minimum atomic E-state index is -2.77. The van der Waals surface area contributed by atoms with Gasteiger partial charge in [-0.3, -0.25) is 4.79 Å². The van der Waals surface area contributed by atoms with Crippen molar-refractivity contribution < 1.29 is 22.8 Å². The van der Waals surface area contributed by atoms with Crippen LogP contribution in [0, 0.1) is 5.92 Å². The summed E-state index contributed by atoms with van der Waals surface area (Å²) in [6, 6.07) is 0.615. The number of alkyl halides is 1. The Labute approximate surface area is 135 Å². The van der Waals surface area contributed by atoms with Crippen LogP contribution in [0.25, 0.3) is 0 Å². The molecule has 1 aliphatic carbocycles. The smallest absolute Gasteiger partial charge is 0.457 e. The lowest BCUT2D eigenvalue weighted by Crippen LogP contribution is -2.56. The molecule has 3 rings (SSSR count). The van der Waals surface area contributed by atoms with Crippen LogP contribution in [0.5, 0.6) is 0 Å². The van der Waals surface area contributed by atoms with Crippen molar-refractivity contribution in [2.45, 2.75) is 43.7 Å². The van der Waals surface area contributed by atoms with Crippen molar-refractivity contribution in [3.63, 3.8) is 0 Å². The first-order valence-electron chi connectivity index (χ1n) is 7.50. The van der Waals surface area contributed by atoms with Gasteiger partial charge in [0.2, 0.25) is 0 Å². The highest BCUT2D eigenvalue weighted by molar-refractivity contribution is 9.10. The van der Waals surface area contributed by atoms with Crippen LogP contribution < -0.4 is 0 Å². The number of hydrogen-bond donors (Lipinski definition) is 0. The summed E-state index contributed by atoms with van der Waals surface area (Å²) in [6.07, 6.45) is 4.48. The standard InChI is InChI=1S/C14H23BrO5Si/c1-4-17-21(18-5-2,19-6-3)10-11-9-12-7-8-14(11,15)13(16)20-12/h7-8,11-12H,4-6,9-10H2,1-3H3/t11-,12-,14-/m0/s1. The van der Waals surface area contributed by atoms with E-state index in [1.54, 1.807) is 0 Å². The number of fused-ring (bicyclic) bond motifs is 2. The maximum absolute atomic E-state index is 12.1. The average Bonchev–Trinajstić information content (AvgIpc) is 2.42. The van der Waals surface area contributed by atoms with Crippen LogP contribution in [0.15, 0.2) is 12.2 Å². The molecular formula is C14H23BrO5Si. The zero-order chi connectivity index (χ0) is 15.5. The summed E-state index contributed by atoms with van der Waals surface area (Å²) in [6.45, 7) is 7.43. The fourth-order valence-corrected chi connectivity index (χ4v) is 6.87. The molecule has 3 aliphatic rings. The maximum atomic E-state index is 12.1. The predicted molar refractivity (Wildman–Crippen MR) is 84.2 cm³/mol. The number of esters is 1. The highest BCUT2D eigenvalue weighted by Gasteiger charge is 2.56. The Morgan fingerprint density at radius 2 is 1.86 bits per heavy atom. The molecule has 0 amide bonds. The van der Waals surface area contributed by atoms with Crippen molar-refractivity contribution >= 4 is 30.7 Å². The molecule has 2 bridgehead atoms. The van der Waals surface area contributed by atoms with Gasteiger partial charge in [0.25, 0.3) is 0 Å². The van der Waals surface area contributed by atoms with Crippen molar-refractivity contribution in [2.24, 2.45) is 5.92 Å². The molecule has 21 heavy (non-hydrogen) atoms. The Balaban J connectivity index is 2.20. The van der Waals surface area contributed by atoms with Gasteiger partial charge in [0.1, 0.15) is 10.4 Å². The van der Waals surface area contributed by atoms with Crippen LogP contribution in [0.3, 0.4) is 0 Å². The van der Waals surface area contributed by atoms with Crippen molar-refractivity contribution in [1.29, 1.82) is 0 Å². The molecule has 7 heteroatoms. The fraction of sp³-hybridized carbons (Fsp3) is 0.786. The zero-order valence-corrected chi connectivity index (χ0v) is 15.4. The Hall–Kier alpha value is -0.213. The summed E-state index contributed by atoms with van der Waals surface area (Å²) < 4.78 is 22.3. The number of hydrogen-bond acceptors (Lipinski definition) is 5. The lowest BCUT2D eigenvalue weighted by molar-refractivity contribution is -0.157. The van der Waals surface area contributed by atoms with Crippen LogP contribution in [-0.4, -0.2) is 45.0 Å². The van der Waals surface area contributed by atoms with E-state index in [1.807, 2.05) is 32.9 Å². The predicted octanol–water partition coefficient (Wildman–Crippen LogP) is 2.67. The second kappa shape index (κ2) is 6.91. The molecule has 0 unspecified atom stereocenters. The second-order valence-electron chi connectivity index (χ2n) is 5.19. The normalized spacial score (nSPS) is 31.5. The Kier molecular flexibility index (Phi) is 5.64. The first-order chi connectivity index (χ1) is 9.99. The monoisotopic (exact) mass is 378 g/mol. The molecule has 5 nitrogen and oxygen atoms in total. The van der Waals surface area contributed by atoms with Gasteiger partial charge in [0, 0.05) is 25.9 Å². The van der Waals surface area contributed by atoms with E-state index in [-0.39, 0.29) is 18.0 Å². The highest BCUT2D eigenvalue weighted by atomic mass is 79.9. The van der Waals surface area contributed by atoms with E-state index < -0.39 is 13.1 Å². The lowest BCUT2D eigenvalue weighted by Gasteiger charge is -2.44. The molecule has 1 saturated heterocycles. The number of ether oxygens (including phenoxy) is 1. The molecule has 0 spiro atoms. The average molecular weight is 379 g/mol. The molecule has 2 aliphatic heterocycles. The van der Waals surface area contributed by atoms with E-state index in [0.29, 0.717) is 25.9 Å². The summed E-state index contributed by atoms with van der Waals surface area (Å²) >= 11 is 3.56. The second-order valence-corrected chi connectivity index (χ2v) is 9.14. The summed E-state index contributed by atoms with van der Waals surface area (Å²) in [4.78, 5) is 12.1. The largest absolute Gasteiger partial charge is 0.501 e. The maximum Gasteiger partial charge on any atom is 0.501 e. The topological polar surface area (TPSA) is 54.0 Å². The highest BCUT2D eigenvalue weighted by Crippen LogP contribution is 2.47. The van der Waals surface area contributed by atoms with Gasteiger partial charge in [-0.25, -0.2) is 0 Å². The molecule has 0 N–H and O–H groups in total. The number of rotatable bonds is 8. The number of halogens is 1. The molecule has 0 aromatic carbocycles. The van der Waals surface area contributed by atoms with Crippen molar-refractivity contribution in [3.05, 3.63) is 12.2 Å². The zero-order valence-electron chi connectivity index (χ0n) is 12.8. The van der Waals surface area contributed by atoms with Gasteiger partial charge in [0.15, 0.2) is 0 Å². The molecule has 0 radical (unpaired) electrons. The first kappa shape index (κ1) is 17.1. The van der Waals surface area contributed by atoms with Crippen LogP contribution in [0.4, 0.5) is 0 Å². The van der Waals surface area contributed by atoms with Gasteiger partial charge < -0.3 is 18.0 Å². The van der Waals surface area contributed by atoms with Crippen LogP contribution in [-0.2, 0) is 22.8 Å². The molecule has 2 heterocycles. The Morgan fingerprint density at radius 1 is 1.29 bits per heavy atom. The first-order valence-corrected chi connectivity index (χ1v) is 10.2. The summed E-state index contributed by atoms with van der Waals surface area (Å²) in [5.41, 5.74) is 0. The lowest BCUT2D eigenvalue weighted by atomic mass is 9.81. The van der Waals surface area contributed by atoms with E-state index in [4.69, 9.17) is 18.0 Å². The summed E-state index contributed by atoms with van der Waals surface area (Å²) in [5.74, 6) is -0.163. The third-order valence-electron chi connectivity index (χ3n) is 3.82. The summed E-state index contributed by atoms with van der Waals surface area (Å²) in [5, 5.41) is 0. The minimum Gasteiger partial charge on any atom is -0.457 e. The van der Waals surface area contributed by atoms with Crippen molar-refractivity contribution in [3.8, 4) is 0 Å². The van der Waals surface area contributed by atoms with E-state index in [2.05, 4.69) is 15.9 Å². The molecule has 0 saturated carbocycles. The molecule has 0 aromatic rings. The van der Waals surface area contributed by atoms with Crippen molar-refractivity contribution in [1.82, 2.24) is 0 Å². The molecule has 1 fully saturated rings.